The maximum Gasteiger partial charge on any atom is 0.328 e. The van der Waals surface area contributed by atoms with Gasteiger partial charge in [0.1, 0.15) is 11.8 Å². The summed E-state index contributed by atoms with van der Waals surface area (Å²) < 4.78 is 4.80. The molecule has 2 atom stereocenters. The van der Waals surface area contributed by atoms with E-state index >= 15 is 0 Å². The first-order chi connectivity index (χ1) is 10.0. The van der Waals surface area contributed by atoms with Gasteiger partial charge in [-0.05, 0) is 17.7 Å². The zero-order valence-corrected chi connectivity index (χ0v) is 11.8. The maximum absolute atomic E-state index is 12.0. The van der Waals surface area contributed by atoms with E-state index in [9.17, 15) is 14.7 Å². The largest absolute Gasteiger partial charge is 0.508 e. The van der Waals surface area contributed by atoms with Crippen molar-refractivity contribution in [3.63, 3.8) is 0 Å². The molecule has 0 aromatic heterocycles. The van der Waals surface area contributed by atoms with Gasteiger partial charge in [-0.25, -0.2) is 4.79 Å². The Morgan fingerprint density at radius 2 is 2.19 bits per heavy atom. The van der Waals surface area contributed by atoms with Crippen LogP contribution in [0.4, 0.5) is 0 Å². The van der Waals surface area contributed by atoms with Gasteiger partial charge in [-0.1, -0.05) is 12.1 Å². The van der Waals surface area contributed by atoms with Crippen LogP contribution in [0.1, 0.15) is 12.0 Å². The minimum Gasteiger partial charge on any atom is -0.508 e. The van der Waals surface area contributed by atoms with Crippen molar-refractivity contribution in [1.29, 1.82) is 0 Å². The predicted molar refractivity (Wildman–Crippen MR) is 76.3 cm³/mol. The minimum absolute atomic E-state index is 0.132. The first kappa shape index (κ1) is 14.9. The lowest BCUT2D eigenvalue weighted by Crippen LogP contribution is -2.44. The number of rotatable bonds is 4. The quantitative estimate of drug-likeness (QED) is 0.661. The number of carbonyl (C=O) groups excluding carboxylic acids is 2. The van der Waals surface area contributed by atoms with Crippen molar-refractivity contribution in [3.8, 4) is 18.1 Å². The smallest absolute Gasteiger partial charge is 0.328 e. The highest BCUT2D eigenvalue weighted by Crippen LogP contribution is 2.23. The van der Waals surface area contributed by atoms with Crippen molar-refractivity contribution in [2.45, 2.75) is 18.9 Å². The van der Waals surface area contributed by atoms with Crippen LogP contribution in [0, 0.1) is 18.3 Å². The van der Waals surface area contributed by atoms with Crippen molar-refractivity contribution in [2.75, 3.05) is 13.7 Å². The van der Waals surface area contributed by atoms with Gasteiger partial charge in [-0.3, -0.25) is 4.79 Å². The second-order valence-corrected chi connectivity index (χ2v) is 5.02. The third kappa shape index (κ3) is 3.34. The molecular formula is C16H17NO4. The standard InChI is InChI=1S/C16H17NO4/c1-3-11-9-15(19)17(10-11)14(16(20)21-2)8-12-4-6-13(18)7-5-12/h1,4-7,11,14,18H,8-10H2,2H3/t11?,14-/m0/s1. The van der Waals surface area contributed by atoms with Crippen LogP contribution in [0.25, 0.3) is 0 Å². The first-order valence-corrected chi connectivity index (χ1v) is 6.66. The molecule has 1 aromatic rings. The predicted octanol–water partition coefficient (Wildman–Crippen LogP) is 0.958. The van der Waals surface area contributed by atoms with Crippen LogP contribution in [-0.2, 0) is 20.7 Å². The summed E-state index contributed by atoms with van der Waals surface area (Å²) in [4.78, 5) is 25.5. The maximum atomic E-state index is 12.0. The molecule has 1 amide bonds. The van der Waals surface area contributed by atoms with E-state index in [2.05, 4.69) is 5.92 Å². The summed E-state index contributed by atoms with van der Waals surface area (Å²) >= 11 is 0. The van der Waals surface area contributed by atoms with Gasteiger partial charge in [-0.2, -0.15) is 0 Å². The summed E-state index contributed by atoms with van der Waals surface area (Å²) in [6.45, 7) is 0.368. The lowest BCUT2D eigenvalue weighted by atomic mass is 10.0. The Hall–Kier alpha value is -2.48. The molecule has 1 aliphatic rings. The van der Waals surface area contributed by atoms with E-state index in [1.54, 1.807) is 24.3 Å². The molecule has 21 heavy (non-hydrogen) atoms. The molecule has 0 radical (unpaired) electrons. The number of esters is 1. The number of benzene rings is 1. The molecular weight excluding hydrogens is 270 g/mol. The van der Waals surface area contributed by atoms with Crippen LogP contribution >= 0.6 is 0 Å². The Balaban J connectivity index is 2.19. The molecule has 1 unspecified atom stereocenters. The van der Waals surface area contributed by atoms with Gasteiger partial charge in [0.15, 0.2) is 0 Å². The van der Waals surface area contributed by atoms with E-state index in [4.69, 9.17) is 11.2 Å². The second kappa shape index (κ2) is 6.31. The summed E-state index contributed by atoms with van der Waals surface area (Å²) in [6.07, 6.45) is 5.96. The normalized spacial score (nSPS) is 19.1. The average Bonchev–Trinajstić information content (AvgIpc) is 2.87. The number of phenolic OH excluding ortho intramolecular Hbond substituents is 1. The number of hydrogen-bond acceptors (Lipinski definition) is 4. The van der Waals surface area contributed by atoms with Crippen molar-refractivity contribution >= 4 is 11.9 Å². The number of ether oxygens (including phenoxy) is 1. The lowest BCUT2D eigenvalue weighted by molar-refractivity contribution is -0.151. The van der Waals surface area contributed by atoms with Crippen LogP contribution in [0.3, 0.4) is 0 Å². The number of terminal acetylenes is 1. The summed E-state index contributed by atoms with van der Waals surface area (Å²) in [6, 6.07) is 5.82. The summed E-state index contributed by atoms with van der Waals surface area (Å²) in [7, 11) is 1.30. The van der Waals surface area contributed by atoms with Crippen LogP contribution in [-0.4, -0.2) is 41.6 Å². The third-order valence-corrected chi connectivity index (χ3v) is 3.61. The van der Waals surface area contributed by atoms with Crippen LogP contribution in [0.5, 0.6) is 5.75 Å². The first-order valence-electron chi connectivity index (χ1n) is 6.66. The van der Waals surface area contributed by atoms with Crippen molar-refractivity contribution in [2.24, 2.45) is 5.92 Å². The van der Waals surface area contributed by atoms with Gasteiger partial charge in [-0.15, -0.1) is 12.3 Å². The number of carbonyl (C=O) groups is 2. The molecule has 5 heteroatoms. The number of aromatic hydroxyl groups is 1. The molecule has 110 valence electrons. The molecule has 1 aliphatic heterocycles. The highest BCUT2D eigenvalue weighted by molar-refractivity contribution is 5.86. The summed E-state index contributed by atoms with van der Waals surface area (Å²) in [5.74, 6) is 1.95. The fraction of sp³-hybridized carbons (Fsp3) is 0.375. The Kier molecular flexibility index (Phi) is 4.49. The molecule has 0 aliphatic carbocycles. The molecule has 1 saturated heterocycles. The fourth-order valence-corrected chi connectivity index (χ4v) is 2.46. The van der Waals surface area contributed by atoms with Crippen LogP contribution < -0.4 is 0 Å². The van der Waals surface area contributed by atoms with Gasteiger partial charge in [0, 0.05) is 25.3 Å². The molecule has 5 nitrogen and oxygen atoms in total. The van der Waals surface area contributed by atoms with Crippen LogP contribution in [0.15, 0.2) is 24.3 Å². The van der Waals surface area contributed by atoms with E-state index in [-0.39, 0.29) is 24.0 Å². The molecule has 0 saturated carbocycles. The van der Waals surface area contributed by atoms with Gasteiger partial charge in [0.25, 0.3) is 0 Å². The van der Waals surface area contributed by atoms with Crippen molar-refractivity contribution < 1.29 is 19.4 Å². The monoisotopic (exact) mass is 287 g/mol. The molecule has 1 heterocycles. The van der Waals surface area contributed by atoms with E-state index in [0.717, 1.165) is 5.56 Å². The number of phenols is 1. The Morgan fingerprint density at radius 1 is 1.52 bits per heavy atom. The van der Waals surface area contributed by atoms with Gasteiger partial charge >= 0.3 is 5.97 Å². The van der Waals surface area contributed by atoms with E-state index in [1.165, 1.54) is 12.0 Å². The van der Waals surface area contributed by atoms with Crippen LogP contribution in [0.2, 0.25) is 0 Å². The highest BCUT2D eigenvalue weighted by atomic mass is 16.5. The molecule has 1 N–H and O–H groups in total. The van der Waals surface area contributed by atoms with Gasteiger partial charge in [0.05, 0.1) is 7.11 Å². The molecule has 1 fully saturated rings. The average molecular weight is 287 g/mol. The third-order valence-electron chi connectivity index (χ3n) is 3.61. The minimum atomic E-state index is -0.689. The van der Waals surface area contributed by atoms with E-state index < -0.39 is 12.0 Å². The summed E-state index contributed by atoms with van der Waals surface area (Å²) in [5, 5.41) is 9.29. The number of nitrogens with zero attached hydrogens (tertiary/aromatic N) is 1. The Labute approximate surface area is 123 Å². The fourth-order valence-electron chi connectivity index (χ4n) is 2.46. The SMILES string of the molecule is C#CC1CC(=O)N([C@@H](Cc2ccc(O)cc2)C(=O)OC)C1. The van der Waals surface area contributed by atoms with E-state index in [1.807, 2.05) is 0 Å². The van der Waals surface area contributed by atoms with Crippen molar-refractivity contribution in [1.82, 2.24) is 4.90 Å². The molecule has 1 aromatic carbocycles. The van der Waals surface area contributed by atoms with E-state index in [0.29, 0.717) is 13.0 Å². The molecule has 0 spiro atoms. The van der Waals surface area contributed by atoms with Gasteiger partial charge < -0.3 is 14.7 Å². The molecule has 2 rings (SSSR count). The highest BCUT2D eigenvalue weighted by Gasteiger charge is 2.37. The Bertz CT molecular complexity index is 573. The zero-order chi connectivity index (χ0) is 15.4. The number of likely N-dealkylation sites (tertiary alicyclic amines) is 1. The number of amides is 1. The number of methoxy groups -OCH3 is 1. The zero-order valence-electron chi connectivity index (χ0n) is 11.8. The van der Waals surface area contributed by atoms with Crippen molar-refractivity contribution in [3.05, 3.63) is 29.8 Å². The topological polar surface area (TPSA) is 66.8 Å². The van der Waals surface area contributed by atoms with Gasteiger partial charge in [0.2, 0.25) is 5.91 Å². The molecule has 0 bridgehead atoms. The Morgan fingerprint density at radius 3 is 2.71 bits per heavy atom. The lowest BCUT2D eigenvalue weighted by Gasteiger charge is -2.25. The summed E-state index contributed by atoms with van der Waals surface area (Å²) in [5.41, 5.74) is 0.833. The second-order valence-electron chi connectivity index (χ2n) is 5.02. The number of hydrogen-bond donors (Lipinski definition) is 1.